The summed E-state index contributed by atoms with van der Waals surface area (Å²) in [7, 11) is 1.35. The number of esters is 1. The van der Waals surface area contributed by atoms with Gasteiger partial charge < -0.3 is 9.64 Å². The summed E-state index contributed by atoms with van der Waals surface area (Å²) in [5, 5.41) is 0. The van der Waals surface area contributed by atoms with E-state index >= 15 is 0 Å². The normalized spacial score (nSPS) is 18.5. The van der Waals surface area contributed by atoms with Crippen LogP contribution in [0.3, 0.4) is 0 Å². The highest BCUT2D eigenvalue weighted by Crippen LogP contribution is 2.25. The minimum atomic E-state index is -0.454. The van der Waals surface area contributed by atoms with Crippen LogP contribution in [0.4, 0.5) is 0 Å². The zero-order valence-electron chi connectivity index (χ0n) is 11.0. The predicted octanol–water partition coefficient (Wildman–Crippen LogP) is 2.54. The number of ether oxygens (including phenoxy) is 1. The van der Waals surface area contributed by atoms with Crippen molar-refractivity contribution in [1.29, 1.82) is 0 Å². The molecule has 102 valence electrons. The first-order chi connectivity index (χ1) is 9.04. The molecule has 1 atom stereocenters. The van der Waals surface area contributed by atoms with Crippen LogP contribution in [0.5, 0.6) is 0 Å². The maximum absolute atomic E-state index is 12.5. The maximum Gasteiger partial charge on any atom is 0.328 e. The monoisotopic (exact) mass is 325 g/mol. The van der Waals surface area contributed by atoms with E-state index in [9.17, 15) is 9.59 Å². The summed E-state index contributed by atoms with van der Waals surface area (Å²) in [6, 6.07) is 5.16. The van der Waals surface area contributed by atoms with E-state index in [0.29, 0.717) is 18.5 Å². The van der Waals surface area contributed by atoms with Gasteiger partial charge in [0.05, 0.1) is 12.7 Å². The fourth-order valence-electron chi connectivity index (χ4n) is 2.35. The van der Waals surface area contributed by atoms with Crippen molar-refractivity contribution >= 4 is 27.8 Å². The van der Waals surface area contributed by atoms with Crippen molar-refractivity contribution < 1.29 is 14.3 Å². The van der Waals surface area contributed by atoms with Crippen molar-refractivity contribution in [1.82, 2.24) is 4.90 Å². The number of benzene rings is 1. The Hall–Kier alpha value is -1.36. The topological polar surface area (TPSA) is 46.6 Å². The van der Waals surface area contributed by atoms with Crippen molar-refractivity contribution in [2.24, 2.45) is 0 Å². The first kappa shape index (κ1) is 14.1. The number of hydrogen-bond donors (Lipinski definition) is 0. The third-order valence-corrected chi connectivity index (χ3v) is 4.03. The van der Waals surface area contributed by atoms with Crippen molar-refractivity contribution in [3.05, 3.63) is 33.8 Å². The number of likely N-dealkylation sites (tertiary alicyclic amines) is 1. The van der Waals surface area contributed by atoms with Gasteiger partial charge in [0.15, 0.2) is 0 Å². The molecule has 1 aromatic carbocycles. The summed E-state index contributed by atoms with van der Waals surface area (Å²) in [5.41, 5.74) is 1.61. The van der Waals surface area contributed by atoms with Crippen LogP contribution in [0.25, 0.3) is 0 Å². The van der Waals surface area contributed by atoms with E-state index in [2.05, 4.69) is 15.9 Å². The maximum atomic E-state index is 12.5. The van der Waals surface area contributed by atoms with Crippen LogP contribution >= 0.6 is 15.9 Å². The fourth-order valence-corrected chi connectivity index (χ4v) is 2.76. The van der Waals surface area contributed by atoms with E-state index in [1.807, 2.05) is 25.1 Å². The minimum Gasteiger partial charge on any atom is -0.467 e. The van der Waals surface area contributed by atoms with Crippen LogP contribution < -0.4 is 0 Å². The first-order valence-corrected chi connectivity index (χ1v) is 6.99. The van der Waals surface area contributed by atoms with Gasteiger partial charge in [0.25, 0.3) is 5.91 Å². The molecule has 0 radical (unpaired) electrons. The molecule has 0 N–H and O–H groups in total. The lowest BCUT2D eigenvalue weighted by molar-refractivity contribution is -0.145. The lowest BCUT2D eigenvalue weighted by Crippen LogP contribution is -2.41. The van der Waals surface area contributed by atoms with Crippen molar-refractivity contribution in [2.45, 2.75) is 25.8 Å². The molecule has 0 bridgehead atoms. The number of amides is 1. The molecule has 1 saturated heterocycles. The van der Waals surface area contributed by atoms with Gasteiger partial charge in [-0.1, -0.05) is 11.6 Å². The molecule has 5 heteroatoms. The number of nitrogens with zero attached hydrogens (tertiary/aromatic N) is 1. The molecule has 2 rings (SSSR count). The number of rotatable bonds is 2. The lowest BCUT2D eigenvalue weighted by Gasteiger charge is -2.23. The van der Waals surface area contributed by atoms with Gasteiger partial charge in [0, 0.05) is 11.0 Å². The zero-order valence-corrected chi connectivity index (χ0v) is 12.6. The second-order valence-corrected chi connectivity index (χ2v) is 5.52. The summed E-state index contributed by atoms with van der Waals surface area (Å²) in [4.78, 5) is 25.8. The van der Waals surface area contributed by atoms with Gasteiger partial charge in [-0.15, -0.1) is 0 Å². The van der Waals surface area contributed by atoms with E-state index < -0.39 is 6.04 Å². The molecule has 1 aliphatic heterocycles. The first-order valence-electron chi connectivity index (χ1n) is 6.19. The van der Waals surface area contributed by atoms with Gasteiger partial charge >= 0.3 is 5.97 Å². The Balaban J connectivity index is 2.28. The molecule has 0 aliphatic carbocycles. The van der Waals surface area contributed by atoms with E-state index in [1.165, 1.54) is 7.11 Å². The van der Waals surface area contributed by atoms with Gasteiger partial charge in [0.2, 0.25) is 0 Å². The Morgan fingerprint density at radius 1 is 1.42 bits per heavy atom. The van der Waals surface area contributed by atoms with E-state index in [0.717, 1.165) is 16.5 Å². The summed E-state index contributed by atoms with van der Waals surface area (Å²) in [6.07, 6.45) is 1.50. The van der Waals surface area contributed by atoms with Crippen LogP contribution in [0, 0.1) is 6.92 Å². The second kappa shape index (κ2) is 5.74. The number of hydrogen-bond acceptors (Lipinski definition) is 3. The molecule has 19 heavy (non-hydrogen) atoms. The van der Waals surface area contributed by atoms with E-state index in [-0.39, 0.29) is 11.9 Å². The highest BCUT2D eigenvalue weighted by Gasteiger charge is 2.35. The quantitative estimate of drug-likeness (QED) is 0.785. The molecule has 1 unspecified atom stereocenters. The van der Waals surface area contributed by atoms with Crippen molar-refractivity contribution in [3.8, 4) is 0 Å². The Kier molecular flexibility index (Phi) is 4.24. The van der Waals surface area contributed by atoms with Crippen LogP contribution in [-0.2, 0) is 9.53 Å². The SMILES string of the molecule is COC(=O)C1CCCN1C(=O)c1cc(C)ccc1Br. The average Bonchev–Trinajstić information content (AvgIpc) is 2.89. The van der Waals surface area contributed by atoms with Crippen LogP contribution in [0.15, 0.2) is 22.7 Å². The van der Waals surface area contributed by atoms with Gasteiger partial charge in [-0.2, -0.15) is 0 Å². The molecule has 1 heterocycles. The number of carbonyl (C=O) groups is 2. The molecule has 0 aromatic heterocycles. The summed E-state index contributed by atoms with van der Waals surface area (Å²) < 4.78 is 5.51. The Bertz CT molecular complexity index is 515. The van der Waals surface area contributed by atoms with Gasteiger partial charge in [-0.05, 0) is 47.8 Å². The fraction of sp³-hybridized carbons (Fsp3) is 0.429. The standard InChI is InChI=1S/C14H16BrNO3/c1-9-5-6-11(15)10(8-9)13(17)16-7-3-4-12(16)14(18)19-2/h5-6,8,12H,3-4,7H2,1-2H3. The Labute approximate surface area is 120 Å². The zero-order chi connectivity index (χ0) is 14.0. The minimum absolute atomic E-state index is 0.122. The molecular formula is C14H16BrNO3. The van der Waals surface area contributed by atoms with Crippen LogP contribution in [-0.4, -0.2) is 36.5 Å². The molecular weight excluding hydrogens is 310 g/mol. The molecule has 1 aliphatic rings. The number of methoxy groups -OCH3 is 1. The molecule has 0 spiro atoms. The smallest absolute Gasteiger partial charge is 0.328 e. The van der Waals surface area contributed by atoms with Crippen LogP contribution in [0.1, 0.15) is 28.8 Å². The lowest BCUT2D eigenvalue weighted by atomic mass is 10.1. The summed E-state index contributed by atoms with van der Waals surface area (Å²) >= 11 is 3.39. The molecule has 1 aromatic rings. The van der Waals surface area contributed by atoms with Crippen LogP contribution in [0.2, 0.25) is 0 Å². The van der Waals surface area contributed by atoms with E-state index in [1.54, 1.807) is 4.90 Å². The number of carbonyl (C=O) groups excluding carboxylic acids is 2. The van der Waals surface area contributed by atoms with Gasteiger partial charge in [-0.3, -0.25) is 4.79 Å². The second-order valence-electron chi connectivity index (χ2n) is 4.66. The molecule has 0 saturated carbocycles. The van der Waals surface area contributed by atoms with E-state index in [4.69, 9.17) is 4.74 Å². The average molecular weight is 326 g/mol. The van der Waals surface area contributed by atoms with Crippen molar-refractivity contribution in [3.63, 3.8) is 0 Å². The van der Waals surface area contributed by atoms with Gasteiger partial charge in [-0.25, -0.2) is 4.79 Å². The number of aryl methyl sites for hydroxylation is 1. The molecule has 4 nitrogen and oxygen atoms in total. The number of halogens is 1. The summed E-state index contributed by atoms with van der Waals surface area (Å²) in [6.45, 7) is 2.53. The third-order valence-electron chi connectivity index (χ3n) is 3.34. The Morgan fingerprint density at radius 3 is 2.84 bits per heavy atom. The summed E-state index contributed by atoms with van der Waals surface area (Å²) in [5.74, 6) is -0.460. The van der Waals surface area contributed by atoms with Gasteiger partial charge in [0.1, 0.15) is 6.04 Å². The third kappa shape index (κ3) is 2.81. The molecule has 1 amide bonds. The highest BCUT2D eigenvalue weighted by atomic mass is 79.9. The Morgan fingerprint density at radius 2 is 2.16 bits per heavy atom. The largest absolute Gasteiger partial charge is 0.467 e. The van der Waals surface area contributed by atoms with Crippen molar-refractivity contribution in [2.75, 3.05) is 13.7 Å². The molecule has 1 fully saturated rings. The highest BCUT2D eigenvalue weighted by molar-refractivity contribution is 9.10. The predicted molar refractivity (Wildman–Crippen MR) is 75.0 cm³/mol.